The number of anilines is 1. The molecule has 1 aliphatic heterocycles. The van der Waals surface area contributed by atoms with Gasteiger partial charge in [0.2, 0.25) is 5.82 Å². The van der Waals surface area contributed by atoms with Crippen molar-refractivity contribution in [2.24, 2.45) is 7.05 Å². The lowest BCUT2D eigenvalue weighted by molar-refractivity contribution is -0.384. The SMILES string of the molecule is CCc1nn(C)c(N2CCN(Cc3ccccc3)C(CC)C2)c1[N+](=O)[O-]. The summed E-state index contributed by atoms with van der Waals surface area (Å²) in [6, 6.07) is 10.8. The molecule has 0 aliphatic carbocycles. The van der Waals surface area contributed by atoms with Crippen molar-refractivity contribution in [1.82, 2.24) is 14.7 Å². The van der Waals surface area contributed by atoms with Crippen LogP contribution in [-0.2, 0) is 20.0 Å². The molecule has 0 spiro atoms. The van der Waals surface area contributed by atoms with Gasteiger partial charge in [-0.05, 0) is 18.4 Å². The predicted octanol–water partition coefficient (Wildman–Crippen LogP) is 2.99. The molecule has 0 amide bonds. The molecular formula is C19H27N5O2. The van der Waals surface area contributed by atoms with Crippen LogP contribution in [0.25, 0.3) is 0 Å². The third-order valence-corrected chi connectivity index (χ3v) is 5.18. The fourth-order valence-corrected chi connectivity index (χ4v) is 3.84. The van der Waals surface area contributed by atoms with E-state index in [4.69, 9.17) is 0 Å². The van der Waals surface area contributed by atoms with Crippen molar-refractivity contribution in [2.45, 2.75) is 39.3 Å². The Morgan fingerprint density at radius 3 is 2.58 bits per heavy atom. The van der Waals surface area contributed by atoms with E-state index in [1.165, 1.54) is 5.56 Å². The molecule has 7 heteroatoms. The molecule has 1 fully saturated rings. The van der Waals surface area contributed by atoms with Gasteiger partial charge in [0, 0.05) is 39.3 Å². The molecule has 1 aromatic carbocycles. The van der Waals surface area contributed by atoms with Gasteiger partial charge in [-0.2, -0.15) is 5.10 Å². The molecule has 0 N–H and O–H groups in total. The van der Waals surface area contributed by atoms with E-state index in [0.29, 0.717) is 24.0 Å². The van der Waals surface area contributed by atoms with Gasteiger partial charge in [-0.25, -0.2) is 4.68 Å². The van der Waals surface area contributed by atoms with Crippen LogP contribution in [0, 0.1) is 10.1 Å². The molecule has 1 saturated heterocycles. The molecular weight excluding hydrogens is 330 g/mol. The fraction of sp³-hybridized carbons (Fsp3) is 0.526. The minimum absolute atomic E-state index is 0.168. The molecule has 2 aromatic rings. The van der Waals surface area contributed by atoms with Gasteiger partial charge in [0.25, 0.3) is 0 Å². The van der Waals surface area contributed by atoms with Crippen LogP contribution in [0.3, 0.4) is 0 Å². The fourth-order valence-electron chi connectivity index (χ4n) is 3.84. The maximum atomic E-state index is 11.6. The highest BCUT2D eigenvalue weighted by Crippen LogP contribution is 2.33. The van der Waals surface area contributed by atoms with Crippen LogP contribution >= 0.6 is 0 Å². The summed E-state index contributed by atoms with van der Waals surface area (Å²) in [4.78, 5) is 16.0. The minimum Gasteiger partial charge on any atom is -0.348 e. The van der Waals surface area contributed by atoms with E-state index in [9.17, 15) is 10.1 Å². The number of aromatic nitrogens is 2. The molecule has 2 heterocycles. The van der Waals surface area contributed by atoms with E-state index in [1.54, 1.807) is 11.7 Å². The average Bonchev–Trinajstić information content (AvgIpc) is 2.99. The highest BCUT2D eigenvalue weighted by atomic mass is 16.6. The van der Waals surface area contributed by atoms with Crippen LogP contribution in [0.1, 0.15) is 31.5 Å². The predicted molar refractivity (Wildman–Crippen MR) is 102 cm³/mol. The second kappa shape index (κ2) is 7.86. The summed E-state index contributed by atoms with van der Waals surface area (Å²) in [7, 11) is 1.80. The summed E-state index contributed by atoms with van der Waals surface area (Å²) in [5.74, 6) is 0.643. The third-order valence-electron chi connectivity index (χ3n) is 5.18. The first kappa shape index (κ1) is 18.4. The van der Waals surface area contributed by atoms with Crippen molar-refractivity contribution in [3.8, 4) is 0 Å². The molecule has 140 valence electrons. The van der Waals surface area contributed by atoms with Gasteiger partial charge in [-0.3, -0.25) is 15.0 Å². The topological polar surface area (TPSA) is 67.4 Å². The number of nitrogens with zero attached hydrogens (tertiary/aromatic N) is 5. The maximum absolute atomic E-state index is 11.6. The quantitative estimate of drug-likeness (QED) is 0.587. The van der Waals surface area contributed by atoms with Crippen LogP contribution in [0.2, 0.25) is 0 Å². The van der Waals surface area contributed by atoms with Crippen molar-refractivity contribution in [2.75, 3.05) is 24.5 Å². The molecule has 1 aromatic heterocycles. The van der Waals surface area contributed by atoms with E-state index in [2.05, 4.69) is 46.1 Å². The molecule has 1 unspecified atom stereocenters. The Balaban J connectivity index is 1.81. The summed E-state index contributed by atoms with van der Waals surface area (Å²) in [6.45, 7) is 7.45. The summed E-state index contributed by atoms with van der Waals surface area (Å²) < 4.78 is 1.68. The van der Waals surface area contributed by atoms with Gasteiger partial charge in [0.15, 0.2) is 0 Å². The Bertz CT molecular complexity index is 759. The highest BCUT2D eigenvalue weighted by Gasteiger charge is 2.34. The Morgan fingerprint density at radius 1 is 1.23 bits per heavy atom. The Labute approximate surface area is 154 Å². The van der Waals surface area contributed by atoms with E-state index in [0.717, 1.165) is 32.6 Å². The Morgan fingerprint density at radius 2 is 1.96 bits per heavy atom. The molecule has 7 nitrogen and oxygen atoms in total. The number of rotatable bonds is 6. The van der Waals surface area contributed by atoms with Crippen LogP contribution in [-0.4, -0.2) is 45.3 Å². The second-order valence-corrected chi connectivity index (χ2v) is 6.82. The van der Waals surface area contributed by atoms with E-state index < -0.39 is 0 Å². The van der Waals surface area contributed by atoms with E-state index >= 15 is 0 Å². The first-order valence-corrected chi connectivity index (χ1v) is 9.28. The molecule has 1 aliphatic rings. The number of hydrogen-bond donors (Lipinski definition) is 0. The van der Waals surface area contributed by atoms with Gasteiger partial charge >= 0.3 is 5.69 Å². The third kappa shape index (κ3) is 3.58. The lowest BCUT2D eigenvalue weighted by Crippen LogP contribution is -2.53. The van der Waals surface area contributed by atoms with E-state index in [1.807, 2.05) is 13.0 Å². The van der Waals surface area contributed by atoms with E-state index in [-0.39, 0.29) is 10.6 Å². The Kier molecular flexibility index (Phi) is 5.56. The van der Waals surface area contributed by atoms with Gasteiger partial charge in [0.05, 0.1) is 4.92 Å². The smallest absolute Gasteiger partial charge is 0.334 e. The zero-order valence-corrected chi connectivity index (χ0v) is 15.8. The van der Waals surface area contributed by atoms with Crippen LogP contribution in [0.4, 0.5) is 11.5 Å². The van der Waals surface area contributed by atoms with Crippen LogP contribution < -0.4 is 4.90 Å². The number of piperazine rings is 1. The first-order chi connectivity index (χ1) is 12.5. The minimum atomic E-state index is -0.279. The van der Waals surface area contributed by atoms with Gasteiger partial charge < -0.3 is 4.90 Å². The summed E-state index contributed by atoms with van der Waals surface area (Å²) in [6.07, 6.45) is 1.57. The van der Waals surface area contributed by atoms with Crippen molar-refractivity contribution >= 4 is 11.5 Å². The van der Waals surface area contributed by atoms with Gasteiger partial charge in [-0.1, -0.05) is 44.2 Å². The van der Waals surface area contributed by atoms with Crippen molar-refractivity contribution < 1.29 is 4.92 Å². The number of aryl methyl sites for hydroxylation is 2. The van der Waals surface area contributed by atoms with Gasteiger partial charge in [0.1, 0.15) is 5.69 Å². The Hall–Kier alpha value is -2.41. The monoisotopic (exact) mass is 357 g/mol. The zero-order chi connectivity index (χ0) is 18.7. The molecule has 1 atom stereocenters. The largest absolute Gasteiger partial charge is 0.348 e. The van der Waals surface area contributed by atoms with Gasteiger partial charge in [-0.15, -0.1) is 0 Å². The molecule has 0 bridgehead atoms. The number of hydrogen-bond acceptors (Lipinski definition) is 5. The van der Waals surface area contributed by atoms with Crippen LogP contribution in [0.5, 0.6) is 0 Å². The number of nitro groups is 1. The lowest BCUT2D eigenvalue weighted by Gasteiger charge is -2.41. The molecule has 0 saturated carbocycles. The summed E-state index contributed by atoms with van der Waals surface area (Å²) in [5.41, 5.74) is 2.04. The second-order valence-electron chi connectivity index (χ2n) is 6.82. The molecule has 3 rings (SSSR count). The maximum Gasteiger partial charge on any atom is 0.334 e. The van der Waals surface area contributed by atoms with Crippen molar-refractivity contribution in [1.29, 1.82) is 0 Å². The lowest BCUT2D eigenvalue weighted by atomic mass is 10.1. The zero-order valence-electron chi connectivity index (χ0n) is 15.8. The van der Waals surface area contributed by atoms with Crippen molar-refractivity contribution in [3.05, 3.63) is 51.7 Å². The summed E-state index contributed by atoms with van der Waals surface area (Å²) in [5, 5.41) is 16.0. The molecule has 26 heavy (non-hydrogen) atoms. The number of benzene rings is 1. The molecule has 0 radical (unpaired) electrons. The summed E-state index contributed by atoms with van der Waals surface area (Å²) >= 11 is 0. The normalized spacial score (nSPS) is 18.3. The highest BCUT2D eigenvalue weighted by molar-refractivity contribution is 5.62. The average molecular weight is 357 g/mol. The van der Waals surface area contributed by atoms with Crippen molar-refractivity contribution in [3.63, 3.8) is 0 Å². The van der Waals surface area contributed by atoms with Crippen LogP contribution in [0.15, 0.2) is 30.3 Å². The first-order valence-electron chi connectivity index (χ1n) is 9.28. The standard InChI is InChI=1S/C19H27N5O2/c1-4-16-14-23(12-11-22(16)13-15-9-7-6-8-10-15)19-18(24(25)26)17(5-2)20-21(19)3/h6-10,16H,4-5,11-14H2,1-3H3.